The fraction of sp³-hybridized carbons (Fsp3) is 0.346. The van der Waals surface area contributed by atoms with Crippen LogP contribution in [0.3, 0.4) is 0 Å². The lowest BCUT2D eigenvalue weighted by Crippen LogP contribution is -2.51. The van der Waals surface area contributed by atoms with Gasteiger partial charge in [0.05, 0.1) is 24.2 Å². The Balaban J connectivity index is 1.59. The number of fused-ring (bicyclic) bond motifs is 1. The predicted molar refractivity (Wildman–Crippen MR) is 133 cm³/mol. The summed E-state index contributed by atoms with van der Waals surface area (Å²) in [6.07, 6.45) is -1.26. The molecule has 2 aromatic carbocycles. The van der Waals surface area contributed by atoms with Crippen molar-refractivity contribution >= 4 is 40.1 Å². The molecule has 3 atom stereocenters. The smallest absolute Gasteiger partial charge is 0.245 e. The van der Waals surface area contributed by atoms with E-state index in [-0.39, 0.29) is 36.0 Å². The van der Waals surface area contributed by atoms with E-state index in [2.05, 4.69) is 5.32 Å². The summed E-state index contributed by atoms with van der Waals surface area (Å²) in [5.74, 6) is -1.57. The molecule has 3 aromatic rings. The van der Waals surface area contributed by atoms with Crippen LogP contribution in [-0.4, -0.2) is 66.1 Å². The minimum atomic E-state index is -1.61. The van der Waals surface area contributed by atoms with Crippen LogP contribution in [0.2, 0.25) is 5.02 Å². The van der Waals surface area contributed by atoms with Crippen LogP contribution in [0, 0.1) is 5.82 Å². The normalized spacial score (nSPS) is 19.3. The maximum absolute atomic E-state index is 14.8. The highest BCUT2D eigenvalue weighted by Crippen LogP contribution is 2.29. The first-order valence-corrected chi connectivity index (χ1v) is 11.9. The average molecular weight is 534 g/mol. The fourth-order valence-corrected chi connectivity index (χ4v) is 4.82. The summed E-state index contributed by atoms with van der Waals surface area (Å²) in [6, 6.07) is 8.23. The standard InChI is InChI=1S/C26H26ClF2N3O5/c1-14(33)18-11-31(21-9-16(36-2)7-8-17(18)21)13-22(34)32-12-20(28)25(37-3)24(32)26(35)30-10-15-5-4-6-19(27)23(15)29/h4-9,11,20,24-25H,10,12-13H2,1-3H3,(H,30,35)/t20-,24-,25+/m0/s1. The third kappa shape index (κ3) is 5.17. The molecule has 1 fully saturated rings. The van der Waals surface area contributed by atoms with Crippen LogP contribution in [0.15, 0.2) is 42.6 Å². The summed E-state index contributed by atoms with van der Waals surface area (Å²) in [6.45, 7) is 0.600. The van der Waals surface area contributed by atoms with Crippen molar-refractivity contribution in [1.29, 1.82) is 0 Å². The van der Waals surface area contributed by atoms with Gasteiger partial charge in [-0.15, -0.1) is 0 Å². The number of nitrogens with zero attached hydrogens (tertiary/aromatic N) is 2. The molecular formula is C26H26ClF2N3O5. The second kappa shape index (κ2) is 10.9. The molecule has 196 valence electrons. The van der Waals surface area contributed by atoms with Crippen LogP contribution < -0.4 is 10.1 Å². The molecule has 0 saturated carbocycles. The number of ether oxygens (including phenoxy) is 2. The monoisotopic (exact) mass is 533 g/mol. The van der Waals surface area contributed by atoms with Crippen LogP contribution in [0.1, 0.15) is 22.8 Å². The molecular weight excluding hydrogens is 508 g/mol. The Hall–Kier alpha value is -3.50. The van der Waals surface area contributed by atoms with Crippen molar-refractivity contribution in [2.45, 2.75) is 38.3 Å². The number of halogens is 3. The number of likely N-dealkylation sites (tertiary alicyclic amines) is 1. The van der Waals surface area contributed by atoms with Gasteiger partial charge in [0.25, 0.3) is 0 Å². The first-order valence-electron chi connectivity index (χ1n) is 11.5. The van der Waals surface area contributed by atoms with E-state index in [0.29, 0.717) is 22.2 Å². The number of aromatic nitrogens is 1. The minimum absolute atomic E-state index is 0.0940. The molecule has 0 aliphatic carbocycles. The number of benzene rings is 2. The third-order valence-electron chi connectivity index (χ3n) is 6.49. The van der Waals surface area contributed by atoms with Crippen LogP contribution in [0.4, 0.5) is 8.78 Å². The summed E-state index contributed by atoms with van der Waals surface area (Å²) in [5, 5.41) is 3.10. The summed E-state index contributed by atoms with van der Waals surface area (Å²) in [7, 11) is 2.76. The Labute approximate surface area is 217 Å². The summed E-state index contributed by atoms with van der Waals surface area (Å²) in [4.78, 5) is 39.8. The van der Waals surface area contributed by atoms with Gasteiger partial charge in [-0.05, 0) is 25.1 Å². The molecule has 1 N–H and O–H groups in total. The van der Waals surface area contributed by atoms with E-state index in [1.54, 1.807) is 35.0 Å². The number of ketones is 1. The van der Waals surface area contributed by atoms with Gasteiger partial charge in [-0.1, -0.05) is 23.7 Å². The molecule has 1 saturated heterocycles. The van der Waals surface area contributed by atoms with Crippen molar-refractivity contribution in [3.8, 4) is 5.75 Å². The maximum Gasteiger partial charge on any atom is 0.245 e. The Morgan fingerprint density at radius 3 is 2.62 bits per heavy atom. The van der Waals surface area contributed by atoms with Crippen molar-refractivity contribution in [3.05, 3.63) is 64.6 Å². The van der Waals surface area contributed by atoms with E-state index in [0.717, 1.165) is 4.90 Å². The number of nitrogens with one attached hydrogen (secondary N) is 1. The van der Waals surface area contributed by atoms with Gasteiger partial charge in [0, 0.05) is 42.4 Å². The molecule has 37 heavy (non-hydrogen) atoms. The number of amides is 2. The van der Waals surface area contributed by atoms with Crippen molar-refractivity contribution in [2.24, 2.45) is 0 Å². The second-order valence-corrected chi connectivity index (χ2v) is 9.16. The molecule has 4 rings (SSSR count). The highest BCUT2D eigenvalue weighted by molar-refractivity contribution is 6.30. The topological polar surface area (TPSA) is 89.9 Å². The summed E-state index contributed by atoms with van der Waals surface area (Å²) in [5.41, 5.74) is 1.14. The van der Waals surface area contributed by atoms with Crippen molar-refractivity contribution in [3.63, 3.8) is 0 Å². The predicted octanol–water partition coefficient (Wildman–Crippen LogP) is 3.53. The molecule has 0 bridgehead atoms. The van der Waals surface area contributed by atoms with Gasteiger partial charge in [0.2, 0.25) is 11.8 Å². The summed E-state index contributed by atoms with van der Waals surface area (Å²) < 4.78 is 41.2. The zero-order valence-corrected chi connectivity index (χ0v) is 21.2. The third-order valence-corrected chi connectivity index (χ3v) is 6.79. The maximum atomic E-state index is 14.8. The molecule has 2 amide bonds. The molecule has 2 heterocycles. The van der Waals surface area contributed by atoms with Crippen molar-refractivity contribution in [2.75, 3.05) is 20.8 Å². The largest absolute Gasteiger partial charge is 0.497 e. The Bertz CT molecular complexity index is 1360. The molecule has 1 aliphatic heterocycles. The molecule has 0 unspecified atom stereocenters. The lowest BCUT2D eigenvalue weighted by Gasteiger charge is -2.26. The first kappa shape index (κ1) is 26.6. The van der Waals surface area contributed by atoms with Crippen LogP contribution in [0.5, 0.6) is 5.75 Å². The number of rotatable bonds is 8. The van der Waals surface area contributed by atoms with E-state index in [9.17, 15) is 23.2 Å². The van der Waals surface area contributed by atoms with Gasteiger partial charge in [-0.2, -0.15) is 0 Å². The van der Waals surface area contributed by atoms with Crippen LogP contribution in [0.25, 0.3) is 10.9 Å². The summed E-state index contributed by atoms with van der Waals surface area (Å²) >= 11 is 5.80. The molecule has 1 aliphatic rings. The van der Waals surface area contributed by atoms with Gasteiger partial charge < -0.3 is 24.3 Å². The zero-order chi connectivity index (χ0) is 26.9. The van der Waals surface area contributed by atoms with Gasteiger partial charge in [-0.25, -0.2) is 8.78 Å². The molecule has 1 aromatic heterocycles. The van der Waals surface area contributed by atoms with E-state index in [4.69, 9.17) is 21.1 Å². The molecule has 0 radical (unpaired) electrons. The lowest BCUT2D eigenvalue weighted by molar-refractivity contribution is -0.141. The number of alkyl halides is 1. The number of carbonyl (C=O) groups excluding carboxylic acids is 3. The van der Waals surface area contributed by atoms with Crippen LogP contribution in [-0.2, 0) is 27.4 Å². The highest BCUT2D eigenvalue weighted by Gasteiger charge is 2.48. The zero-order valence-electron chi connectivity index (χ0n) is 20.5. The van der Waals surface area contributed by atoms with E-state index in [1.165, 1.54) is 33.3 Å². The quantitative estimate of drug-likeness (QED) is 0.448. The number of hydrogen-bond donors (Lipinski definition) is 1. The van der Waals surface area contributed by atoms with Gasteiger partial charge >= 0.3 is 0 Å². The average Bonchev–Trinajstić information content (AvgIpc) is 3.41. The Morgan fingerprint density at radius 2 is 1.95 bits per heavy atom. The second-order valence-electron chi connectivity index (χ2n) is 8.75. The molecule has 11 heteroatoms. The number of hydrogen-bond acceptors (Lipinski definition) is 5. The molecule has 0 spiro atoms. The number of methoxy groups -OCH3 is 2. The van der Waals surface area contributed by atoms with E-state index < -0.39 is 35.9 Å². The lowest BCUT2D eigenvalue weighted by atomic mass is 10.1. The Morgan fingerprint density at radius 1 is 1.19 bits per heavy atom. The van der Waals surface area contributed by atoms with E-state index in [1.807, 2.05) is 0 Å². The van der Waals surface area contributed by atoms with Crippen LogP contribution >= 0.6 is 11.6 Å². The Kier molecular flexibility index (Phi) is 7.79. The van der Waals surface area contributed by atoms with Gasteiger partial charge in [-0.3, -0.25) is 14.4 Å². The van der Waals surface area contributed by atoms with Crippen molar-refractivity contribution in [1.82, 2.24) is 14.8 Å². The first-order chi connectivity index (χ1) is 17.7. The molecule has 8 nitrogen and oxygen atoms in total. The SMILES string of the molecule is COc1ccc2c(C(C)=O)cn(CC(=O)N3C[C@H](F)[C@@H](OC)[C@H]3C(=O)NCc3cccc(Cl)c3F)c2c1. The van der Waals surface area contributed by atoms with Gasteiger partial charge in [0.1, 0.15) is 36.4 Å². The fourth-order valence-electron chi connectivity index (χ4n) is 4.62. The number of Topliss-reactive ketones (excluding diaryl/α,β-unsaturated/α-hetero) is 1. The highest BCUT2D eigenvalue weighted by atomic mass is 35.5. The van der Waals surface area contributed by atoms with Crippen molar-refractivity contribution < 1.29 is 32.6 Å². The van der Waals surface area contributed by atoms with Gasteiger partial charge in [0.15, 0.2) is 5.78 Å². The number of carbonyl (C=O) groups is 3. The van der Waals surface area contributed by atoms with E-state index >= 15 is 0 Å². The minimum Gasteiger partial charge on any atom is -0.497 e.